The van der Waals surface area contributed by atoms with Crippen LogP contribution in [0.1, 0.15) is 51.4 Å². The second-order valence-corrected chi connectivity index (χ2v) is 12.2. The number of hydrogen-bond acceptors (Lipinski definition) is 7. The molecule has 0 saturated carbocycles. The second kappa shape index (κ2) is 8.76. The van der Waals surface area contributed by atoms with Crippen molar-refractivity contribution in [3.05, 3.63) is 46.9 Å². The molecule has 4 heterocycles. The molecule has 2 atom stereocenters. The minimum atomic E-state index is -3.83. The molecule has 3 aliphatic heterocycles. The number of aliphatic hydroxyl groups is 2. The zero-order valence-corrected chi connectivity index (χ0v) is 23.2. The Bertz CT molecular complexity index is 1600. The van der Waals surface area contributed by atoms with Gasteiger partial charge in [0, 0.05) is 39.8 Å². The lowest BCUT2D eigenvalue weighted by Gasteiger charge is -2.41. The standard InChI is InChI=1S/C29H31F3N2O7/c1-26(2)12-39-27(3,4)23-15-6-18(17(30)8-19(15)34(24(23)26)10-14(36)11-35)33-25(37)28(5)13-38-20-9-22-21(7-16(20)28)40-29(31,32)41-22/h6-9,14,35-36H,10-13H2,1-5H3,(H,33,37)/t14-,28+/m1/s1. The first kappa shape index (κ1) is 27.7. The molecular weight excluding hydrogens is 545 g/mol. The Morgan fingerprint density at radius 1 is 1.05 bits per heavy atom. The third-order valence-electron chi connectivity index (χ3n) is 8.16. The molecule has 0 unspecified atom stereocenters. The van der Waals surface area contributed by atoms with Crippen LogP contribution in [0.25, 0.3) is 10.9 Å². The van der Waals surface area contributed by atoms with Crippen molar-refractivity contribution in [3.8, 4) is 17.2 Å². The highest BCUT2D eigenvalue weighted by Crippen LogP contribution is 2.51. The van der Waals surface area contributed by atoms with Crippen molar-refractivity contribution in [2.45, 2.75) is 70.0 Å². The van der Waals surface area contributed by atoms with Crippen LogP contribution in [0.4, 0.5) is 18.9 Å². The van der Waals surface area contributed by atoms with E-state index in [2.05, 4.69) is 14.8 Å². The minimum absolute atomic E-state index is 0.0360. The van der Waals surface area contributed by atoms with Gasteiger partial charge >= 0.3 is 6.29 Å². The second-order valence-electron chi connectivity index (χ2n) is 12.2. The maximum Gasteiger partial charge on any atom is 0.586 e. The number of carbonyl (C=O) groups excluding carboxylic acids is 1. The number of hydrogen-bond donors (Lipinski definition) is 3. The highest BCUT2D eigenvalue weighted by molar-refractivity contribution is 6.02. The van der Waals surface area contributed by atoms with Gasteiger partial charge in [-0.1, -0.05) is 13.8 Å². The maximum atomic E-state index is 15.7. The number of aromatic nitrogens is 1. The van der Waals surface area contributed by atoms with Gasteiger partial charge in [0.2, 0.25) is 5.91 Å². The van der Waals surface area contributed by atoms with Crippen LogP contribution in [0, 0.1) is 5.82 Å². The monoisotopic (exact) mass is 576 g/mol. The summed E-state index contributed by atoms with van der Waals surface area (Å²) in [6, 6.07) is 5.36. The molecule has 0 fully saturated rings. The van der Waals surface area contributed by atoms with E-state index in [9.17, 15) is 23.8 Å². The molecule has 9 nitrogen and oxygen atoms in total. The maximum absolute atomic E-state index is 15.7. The fourth-order valence-corrected chi connectivity index (χ4v) is 6.01. The van der Waals surface area contributed by atoms with Crippen molar-refractivity contribution < 1.29 is 47.1 Å². The van der Waals surface area contributed by atoms with Crippen molar-refractivity contribution in [3.63, 3.8) is 0 Å². The van der Waals surface area contributed by atoms with Crippen LogP contribution < -0.4 is 19.5 Å². The quantitative estimate of drug-likeness (QED) is 0.416. The number of nitrogens with one attached hydrogen (secondary N) is 1. The molecule has 3 aliphatic rings. The predicted molar refractivity (Wildman–Crippen MR) is 141 cm³/mol. The first-order chi connectivity index (χ1) is 19.1. The lowest BCUT2D eigenvalue weighted by atomic mass is 9.79. The van der Waals surface area contributed by atoms with Crippen LogP contribution in [-0.4, -0.2) is 52.9 Å². The number of rotatable bonds is 5. The normalized spacial score (nSPS) is 23.6. The summed E-state index contributed by atoms with van der Waals surface area (Å²) in [7, 11) is 0. The molecule has 0 bridgehead atoms. The summed E-state index contributed by atoms with van der Waals surface area (Å²) in [6.07, 6.45) is -4.90. The van der Waals surface area contributed by atoms with Crippen LogP contribution in [0.5, 0.6) is 17.2 Å². The smallest absolute Gasteiger partial charge is 0.492 e. The van der Waals surface area contributed by atoms with E-state index in [1.54, 1.807) is 6.92 Å². The molecule has 0 aliphatic carbocycles. The Balaban J connectivity index is 1.42. The van der Waals surface area contributed by atoms with Gasteiger partial charge in [-0.05, 0) is 32.9 Å². The van der Waals surface area contributed by atoms with Crippen LogP contribution >= 0.6 is 0 Å². The number of carbonyl (C=O) groups is 1. The summed E-state index contributed by atoms with van der Waals surface area (Å²) >= 11 is 0. The Labute approximate surface area is 233 Å². The lowest BCUT2D eigenvalue weighted by molar-refractivity contribution is -0.286. The first-order valence-corrected chi connectivity index (χ1v) is 13.2. The molecule has 12 heteroatoms. The van der Waals surface area contributed by atoms with Crippen LogP contribution in [-0.2, 0) is 32.5 Å². The summed E-state index contributed by atoms with van der Waals surface area (Å²) in [5, 5.41) is 23.2. The minimum Gasteiger partial charge on any atom is -0.492 e. The van der Waals surface area contributed by atoms with E-state index in [1.807, 2.05) is 32.3 Å². The Hall–Kier alpha value is -3.48. The average molecular weight is 577 g/mol. The summed E-state index contributed by atoms with van der Waals surface area (Å²) in [5.41, 5.74) is -0.295. The van der Waals surface area contributed by atoms with E-state index >= 15 is 4.39 Å². The highest BCUT2D eigenvalue weighted by Gasteiger charge is 2.49. The first-order valence-electron chi connectivity index (χ1n) is 13.2. The number of alkyl halides is 2. The number of fused-ring (bicyclic) bond motifs is 5. The highest BCUT2D eigenvalue weighted by atomic mass is 19.3. The zero-order chi connectivity index (χ0) is 29.7. The van der Waals surface area contributed by atoms with Crippen LogP contribution in [0.15, 0.2) is 24.3 Å². The van der Waals surface area contributed by atoms with E-state index < -0.39 is 47.2 Å². The SMILES string of the molecule is CC1(C)COC(C)(C)c2c1n(C[C@@H](O)CO)c1cc(F)c(NC(=O)[C@@]3(C)COc4cc5c(cc43)OC(F)(F)O5)cc21. The van der Waals surface area contributed by atoms with Gasteiger partial charge in [-0.25, -0.2) is 4.39 Å². The molecule has 3 aromatic rings. The van der Waals surface area contributed by atoms with E-state index in [1.165, 1.54) is 24.3 Å². The number of aliphatic hydroxyl groups excluding tert-OH is 2. The zero-order valence-electron chi connectivity index (χ0n) is 23.2. The molecule has 41 heavy (non-hydrogen) atoms. The fraction of sp³-hybridized carbons (Fsp3) is 0.483. The lowest BCUT2D eigenvalue weighted by Crippen LogP contribution is -2.41. The van der Waals surface area contributed by atoms with Crippen molar-refractivity contribution in [2.24, 2.45) is 0 Å². The molecule has 1 amide bonds. The van der Waals surface area contributed by atoms with Crippen molar-refractivity contribution >= 4 is 22.5 Å². The third kappa shape index (κ3) is 4.22. The van der Waals surface area contributed by atoms with Gasteiger partial charge < -0.3 is 39.0 Å². The van der Waals surface area contributed by atoms with Crippen molar-refractivity contribution in [1.29, 1.82) is 0 Å². The molecule has 1 aromatic heterocycles. The molecular formula is C29H31F3N2O7. The van der Waals surface area contributed by atoms with E-state index in [0.717, 1.165) is 11.3 Å². The van der Waals surface area contributed by atoms with Gasteiger partial charge in [0.1, 0.15) is 23.6 Å². The van der Waals surface area contributed by atoms with Crippen LogP contribution in [0.3, 0.4) is 0 Å². The topological polar surface area (TPSA) is 111 Å². The van der Waals surface area contributed by atoms with E-state index in [0.29, 0.717) is 23.1 Å². The Morgan fingerprint density at radius 3 is 2.41 bits per heavy atom. The van der Waals surface area contributed by atoms with Gasteiger partial charge in [0.15, 0.2) is 11.5 Å². The fourth-order valence-electron chi connectivity index (χ4n) is 6.01. The van der Waals surface area contributed by atoms with Gasteiger partial charge in [0.25, 0.3) is 0 Å². The van der Waals surface area contributed by atoms with Gasteiger partial charge in [-0.3, -0.25) is 4.79 Å². The van der Waals surface area contributed by atoms with Gasteiger partial charge in [-0.15, -0.1) is 8.78 Å². The molecule has 0 radical (unpaired) electrons. The Morgan fingerprint density at radius 2 is 1.73 bits per heavy atom. The van der Waals surface area contributed by atoms with E-state index in [4.69, 9.17) is 9.47 Å². The number of benzene rings is 2. The number of halogens is 3. The molecule has 220 valence electrons. The van der Waals surface area contributed by atoms with Crippen molar-refractivity contribution in [2.75, 3.05) is 25.1 Å². The Kier molecular flexibility index (Phi) is 5.91. The predicted octanol–water partition coefficient (Wildman–Crippen LogP) is 4.29. The number of anilines is 1. The third-order valence-corrected chi connectivity index (χ3v) is 8.16. The van der Waals surface area contributed by atoms with E-state index in [-0.39, 0.29) is 36.1 Å². The summed E-state index contributed by atoms with van der Waals surface area (Å²) in [4.78, 5) is 13.7. The number of ether oxygens (including phenoxy) is 4. The molecule has 0 spiro atoms. The summed E-state index contributed by atoms with van der Waals surface area (Å²) < 4.78 is 65.6. The molecule has 2 aromatic carbocycles. The van der Waals surface area contributed by atoms with Gasteiger partial charge in [0.05, 0.1) is 42.7 Å². The molecule has 3 N–H and O–H groups in total. The van der Waals surface area contributed by atoms with Gasteiger partial charge in [-0.2, -0.15) is 0 Å². The van der Waals surface area contributed by atoms with Crippen molar-refractivity contribution in [1.82, 2.24) is 4.57 Å². The summed E-state index contributed by atoms with van der Waals surface area (Å²) in [5.74, 6) is -1.57. The largest absolute Gasteiger partial charge is 0.586 e. The van der Waals surface area contributed by atoms with Crippen LogP contribution in [0.2, 0.25) is 0 Å². The molecule has 6 rings (SSSR count). The average Bonchev–Trinajstić information content (AvgIpc) is 3.50. The molecule has 0 saturated heterocycles. The number of nitrogens with zero attached hydrogens (tertiary/aromatic N) is 1. The number of amides is 1. The summed E-state index contributed by atoms with van der Waals surface area (Å²) in [6.45, 7) is 9.18.